The molecular weight excluding hydrogens is 501 g/mol. The number of likely N-dealkylation sites (tertiary alicyclic amines) is 1. The van der Waals surface area contributed by atoms with Crippen LogP contribution in [-0.2, 0) is 18.0 Å². The van der Waals surface area contributed by atoms with Gasteiger partial charge in [-0.2, -0.15) is 13.2 Å². The molecule has 1 aliphatic heterocycles. The third kappa shape index (κ3) is 7.63. The summed E-state index contributed by atoms with van der Waals surface area (Å²) in [6.07, 6.45) is -2.09. The second-order valence-electron chi connectivity index (χ2n) is 11.4. The number of halogens is 3. The number of carbonyl (C=O) groups excluding carboxylic acids is 1. The Bertz CT molecular complexity index is 1270. The van der Waals surface area contributed by atoms with E-state index in [0.717, 1.165) is 43.1 Å². The van der Waals surface area contributed by atoms with Crippen molar-refractivity contribution in [2.24, 2.45) is 0 Å². The molecule has 4 nitrogen and oxygen atoms in total. The lowest BCUT2D eigenvalue weighted by molar-refractivity contribution is -0.137. The molecule has 0 spiro atoms. The Morgan fingerprint density at radius 2 is 1.64 bits per heavy atom. The molecule has 1 saturated heterocycles. The van der Waals surface area contributed by atoms with Crippen LogP contribution in [0.3, 0.4) is 0 Å². The fourth-order valence-electron chi connectivity index (χ4n) is 4.81. The largest absolute Gasteiger partial charge is 0.490 e. The fourth-order valence-corrected chi connectivity index (χ4v) is 4.81. The predicted molar refractivity (Wildman–Crippen MR) is 149 cm³/mol. The summed E-state index contributed by atoms with van der Waals surface area (Å²) in [5.74, 6) is 0.460. The van der Waals surface area contributed by atoms with Gasteiger partial charge in [-0.25, -0.2) is 0 Å². The van der Waals surface area contributed by atoms with Gasteiger partial charge in [0.1, 0.15) is 11.9 Å². The zero-order valence-electron chi connectivity index (χ0n) is 23.1. The minimum Gasteiger partial charge on any atom is -0.490 e. The molecular formula is C32H37F3N2O2. The van der Waals surface area contributed by atoms with Crippen LogP contribution >= 0.6 is 0 Å². The molecule has 0 bridgehead atoms. The molecule has 0 radical (unpaired) electrons. The van der Waals surface area contributed by atoms with Gasteiger partial charge in [-0.1, -0.05) is 51.1 Å². The van der Waals surface area contributed by atoms with Crippen molar-refractivity contribution < 1.29 is 22.7 Å². The molecule has 39 heavy (non-hydrogen) atoms. The molecule has 1 aliphatic rings. The molecule has 0 unspecified atom stereocenters. The van der Waals surface area contributed by atoms with Gasteiger partial charge in [0.15, 0.2) is 0 Å². The highest BCUT2D eigenvalue weighted by Gasteiger charge is 2.30. The van der Waals surface area contributed by atoms with Crippen LogP contribution in [-0.4, -0.2) is 43.6 Å². The molecule has 0 aliphatic carbocycles. The van der Waals surface area contributed by atoms with Gasteiger partial charge in [0.2, 0.25) is 0 Å². The first-order valence-electron chi connectivity index (χ1n) is 13.4. The lowest BCUT2D eigenvalue weighted by Gasteiger charge is -2.29. The highest BCUT2D eigenvalue weighted by Crippen LogP contribution is 2.35. The number of piperidine rings is 1. The summed E-state index contributed by atoms with van der Waals surface area (Å²) >= 11 is 0. The van der Waals surface area contributed by atoms with Crippen LogP contribution in [0, 0.1) is 0 Å². The average Bonchev–Trinajstić information content (AvgIpc) is 2.90. The first-order valence-corrected chi connectivity index (χ1v) is 13.4. The molecule has 7 heteroatoms. The Labute approximate surface area is 229 Å². The van der Waals surface area contributed by atoms with E-state index in [-0.39, 0.29) is 17.4 Å². The zero-order chi connectivity index (χ0) is 28.2. The highest BCUT2D eigenvalue weighted by molar-refractivity contribution is 5.94. The number of nitrogens with zero attached hydrogens (tertiary/aromatic N) is 1. The second kappa shape index (κ2) is 11.8. The van der Waals surface area contributed by atoms with Crippen molar-refractivity contribution in [2.75, 3.05) is 26.7 Å². The van der Waals surface area contributed by atoms with E-state index in [0.29, 0.717) is 35.4 Å². The lowest BCUT2D eigenvalue weighted by atomic mass is 9.87. The van der Waals surface area contributed by atoms with E-state index < -0.39 is 11.7 Å². The predicted octanol–water partition coefficient (Wildman–Crippen LogP) is 7.12. The number of alkyl halides is 3. The standard InChI is InChI=1S/C32H37F3N2O2/c1-31(2,3)25-11-8-23(9-12-25)30(38)36-17-14-22-10-13-28(39-27-15-18-37(4)19-16-27)21-29(22)24-6-5-7-26(20-24)32(33,34)35/h5-13,20-21,27H,14-19H2,1-4H3,(H,36,38). The SMILES string of the molecule is CN1CCC(Oc2ccc(CCNC(=O)c3ccc(C(C)(C)C)cc3)c(-c3cccc(C(F)(F)F)c3)c2)CC1. The van der Waals surface area contributed by atoms with E-state index in [1.807, 2.05) is 42.5 Å². The summed E-state index contributed by atoms with van der Waals surface area (Å²) < 4.78 is 46.6. The van der Waals surface area contributed by atoms with Crippen molar-refractivity contribution in [3.8, 4) is 16.9 Å². The number of rotatable bonds is 7. The molecule has 0 aromatic heterocycles. The first-order chi connectivity index (χ1) is 18.4. The lowest BCUT2D eigenvalue weighted by Crippen LogP contribution is -2.35. The van der Waals surface area contributed by atoms with Gasteiger partial charge in [0.25, 0.3) is 5.91 Å². The summed E-state index contributed by atoms with van der Waals surface area (Å²) in [5.41, 5.74) is 3.01. The van der Waals surface area contributed by atoms with Gasteiger partial charge in [0, 0.05) is 25.2 Å². The summed E-state index contributed by atoms with van der Waals surface area (Å²) in [6, 6.07) is 18.5. The van der Waals surface area contributed by atoms with Crippen LogP contribution in [0.1, 0.15) is 60.7 Å². The summed E-state index contributed by atoms with van der Waals surface area (Å²) in [6.45, 7) is 8.60. The van der Waals surface area contributed by atoms with E-state index in [9.17, 15) is 18.0 Å². The number of hydrogen-bond acceptors (Lipinski definition) is 3. The van der Waals surface area contributed by atoms with Crippen molar-refractivity contribution in [2.45, 2.75) is 57.7 Å². The first kappa shape index (κ1) is 28.7. The molecule has 1 fully saturated rings. The van der Waals surface area contributed by atoms with Gasteiger partial charge in [0.05, 0.1) is 5.56 Å². The van der Waals surface area contributed by atoms with Crippen LogP contribution in [0.25, 0.3) is 11.1 Å². The van der Waals surface area contributed by atoms with Gasteiger partial charge < -0.3 is 15.0 Å². The van der Waals surface area contributed by atoms with Gasteiger partial charge in [-0.3, -0.25) is 4.79 Å². The Morgan fingerprint density at radius 1 is 0.949 bits per heavy atom. The molecule has 4 rings (SSSR count). The Balaban J connectivity index is 1.52. The molecule has 1 amide bonds. The maximum Gasteiger partial charge on any atom is 0.416 e. The van der Waals surface area contributed by atoms with Crippen molar-refractivity contribution >= 4 is 5.91 Å². The second-order valence-corrected chi connectivity index (χ2v) is 11.4. The van der Waals surface area contributed by atoms with E-state index in [2.05, 4.69) is 38.0 Å². The van der Waals surface area contributed by atoms with Crippen molar-refractivity contribution in [1.29, 1.82) is 0 Å². The van der Waals surface area contributed by atoms with Crippen molar-refractivity contribution in [3.63, 3.8) is 0 Å². The van der Waals surface area contributed by atoms with E-state index in [1.54, 1.807) is 6.07 Å². The number of ether oxygens (including phenoxy) is 1. The summed E-state index contributed by atoms with van der Waals surface area (Å²) in [7, 11) is 2.08. The number of nitrogens with one attached hydrogen (secondary N) is 1. The topological polar surface area (TPSA) is 41.6 Å². The van der Waals surface area contributed by atoms with Crippen molar-refractivity contribution in [1.82, 2.24) is 10.2 Å². The molecule has 1 N–H and O–H groups in total. The van der Waals surface area contributed by atoms with Crippen LogP contribution < -0.4 is 10.1 Å². The number of benzene rings is 3. The summed E-state index contributed by atoms with van der Waals surface area (Å²) in [4.78, 5) is 15.0. The molecule has 3 aromatic rings. The van der Waals surface area contributed by atoms with Crippen LogP contribution in [0.15, 0.2) is 66.7 Å². The smallest absolute Gasteiger partial charge is 0.416 e. The van der Waals surface area contributed by atoms with E-state index in [1.165, 1.54) is 12.1 Å². The van der Waals surface area contributed by atoms with E-state index in [4.69, 9.17) is 4.74 Å². The van der Waals surface area contributed by atoms with Crippen molar-refractivity contribution in [3.05, 3.63) is 89.0 Å². The highest BCUT2D eigenvalue weighted by atomic mass is 19.4. The van der Waals surface area contributed by atoms with Gasteiger partial charge in [-0.05, 0) is 90.4 Å². The molecule has 3 aromatic carbocycles. The molecule has 208 valence electrons. The van der Waals surface area contributed by atoms with Gasteiger partial charge in [-0.15, -0.1) is 0 Å². The molecule has 0 atom stereocenters. The number of amides is 1. The third-order valence-electron chi connectivity index (χ3n) is 7.24. The van der Waals surface area contributed by atoms with Crippen LogP contribution in [0.5, 0.6) is 5.75 Å². The minimum absolute atomic E-state index is 0.00195. The Morgan fingerprint density at radius 3 is 2.28 bits per heavy atom. The number of hydrogen-bond donors (Lipinski definition) is 1. The molecule has 0 saturated carbocycles. The Hall–Kier alpha value is -3.32. The maximum absolute atomic E-state index is 13.5. The van der Waals surface area contributed by atoms with Crippen LogP contribution in [0.4, 0.5) is 13.2 Å². The molecule has 1 heterocycles. The van der Waals surface area contributed by atoms with Crippen LogP contribution in [0.2, 0.25) is 0 Å². The normalized spacial score (nSPS) is 15.3. The Kier molecular flexibility index (Phi) is 8.70. The average molecular weight is 539 g/mol. The fraction of sp³-hybridized carbons (Fsp3) is 0.406. The van der Waals surface area contributed by atoms with E-state index >= 15 is 0 Å². The quantitative estimate of drug-likeness (QED) is 0.348. The third-order valence-corrected chi connectivity index (χ3v) is 7.24. The maximum atomic E-state index is 13.5. The van der Waals surface area contributed by atoms with Gasteiger partial charge >= 0.3 is 6.18 Å². The minimum atomic E-state index is -4.44. The zero-order valence-corrected chi connectivity index (χ0v) is 23.1. The number of carbonyl (C=O) groups is 1. The monoisotopic (exact) mass is 538 g/mol. The summed E-state index contributed by atoms with van der Waals surface area (Å²) in [5, 5.41) is 2.95.